The highest BCUT2D eigenvalue weighted by Gasteiger charge is 2.34. The van der Waals surface area contributed by atoms with Crippen LogP contribution in [0.25, 0.3) is 11.5 Å². The minimum absolute atomic E-state index is 0.132. The number of hydrogen-bond acceptors (Lipinski definition) is 4. The van der Waals surface area contributed by atoms with Gasteiger partial charge in [-0.2, -0.15) is 0 Å². The van der Waals surface area contributed by atoms with Crippen LogP contribution in [0.5, 0.6) is 0 Å². The van der Waals surface area contributed by atoms with Crippen molar-refractivity contribution in [2.24, 2.45) is 0 Å². The van der Waals surface area contributed by atoms with E-state index in [0.29, 0.717) is 24.0 Å². The maximum atomic E-state index is 13.0. The van der Waals surface area contributed by atoms with Crippen molar-refractivity contribution >= 4 is 5.91 Å². The van der Waals surface area contributed by atoms with E-state index in [4.69, 9.17) is 4.42 Å². The molecule has 2 aromatic carbocycles. The standard InChI is InChI=1S/C25H27N3O2/c1-17(28-14-13-18-7-5-6-10-21(18)16-28)15-26-24(29)22-23(19-11-12-19)30-25(27-22)20-8-3-2-4-9-20/h2-10,17,19H,11-16H2,1H3,(H,26,29). The Hall–Kier alpha value is -2.92. The second-order valence-corrected chi connectivity index (χ2v) is 8.42. The molecule has 1 aliphatic carbocycles. The third-order valence-electron chi connectivity index (χ3n) is 6.18. The van der Waals surface area contributed by atoms with Crippen LogP contribution in [-0.4, -0.2) is 34.9 Å². The summed E-state index contributed by atoms with van der Waals surface area (Å²) in [6, 6.07) is 18.7. The number of benzene rings is 2. The number of amides is 1. The first-order chi connectivity index (χ1) is 14.7. The molecular weight excluding hydrogens is 374 g/mol. The zero-order valence-corrected chi connectivity index (χ0v) is 17.3. The SMILES string of the molecule is CC(CNC(=O)c1nc(-c2ccccc2)oc1C1CC1)N1CCc2ccccc2C1. The van der Waals surface area contributed by atoms with Crippen molar-refractivity contribution in [3.05, 3.63) is 77.2 Å². The van der Waals surface area contributed by atoms with Gasteiger partial charge in [0.1, 0.15) is 5.76 Å². The summed E-state index contributed by atoms with van der Waals surface area (Å²) >= 11 is 0. The Balaban J connectivity index is 1.26. The molecule has 154 valence electrons. The molecule has 1 saturated carbocycles. The summed E-state index contributed by atoms with van der Waals surface area (Å²) in [4.78, 5) is 20.0. The van der Waals surface area contributed by atoms with E-state index >= 15 is 0 Å². The Morgan fingerprint density at radius 3 is 2.63 bits per heavy atom. The summed E-state index contributed by atoms with van der Waals surface area (Å²) in [5.41, 5.74) is 4.18. The van der Waals surface area contributed by atoms with Gasteiger partial charge in [0.15, 0.2) is 5.69 Å². The number of oxazole rings is 1. The van der Waals surface area contributed by atoms with Crippen LogP contribution < -0.4 is 5.32 Å². The van der Waals surface area contributed by atoms with Crippen molar-refractivity contribution in [2.45, 2.75) is 44.7 Å². The van der Waals surface area contributed by atoms with Gasteiger partial charge in [-0.05, 0) is 49.4 Å². The highest BCUT2D eigenvalue weighted by atomic mass is 16.4. The quantitative estimate of drug-likeness (QED) is 0.665. The molecule has 1 N–H and O–H groups in total. The molecule has 30 heavy (non-hydrogen) atoms. The Kier molecular flexibility index (Phi) is 5.13. The third-order valence-corrected chi connectivity index (χ3v) is 6.18. The Bertz CT molecular complexity index is 1040. The minimum Gasteiger partial charge on any atom is -0.440 e. The van der Waals surface area contributed by atoms with Crippen LogP contribution in [0.4, 0.5) is 0 Å². The number of rotatable bonds is 6. The van der Waals surface area contributed by atoms with Crippen LogP contribution in [0.1, 0.15) is 53.1 Å². The van der Waals surface area contributed by atoms with Gasteiger partial charge in [0.2, 0.25) is 5.89 Å². The molecule has 2 aliphatic rings. The predicted molar refractivity (Wildman–Crippen MR) is 116 cm³/mol. The van der Waals surface area contributed by atoms with Crippen molar-refractivity contribution in [3.63, 3.8) is 0 Å². The lowest BCUT2D eigenvalue weighted by Crippen LogP contribution is -2.44. The number of nitrogens with zero attached hydrogens (tertiary/aromatic N) is 2. The average molecular weight is 402 g/mol. The number of fused-ring (bicyclic) bond motifs is 1. The largest absolute Gasteiger partial charge is 0.440 e. The maximum absolute atomic E-state index is 13.0. The molecular formula is C25H27N3O2. The smallest absolute Gasteiger partial charge is 0.273 e. The summed E-state index contributed by atoms with van der Waals surface area (Å²) in [6.45, 7) is 4.72. The number of hydrogen-bond donors (Lipinski definition) is 1. The Morgan fingerprint density at radius 1 is 1.13 bits per heavy atom. The summed E-state index contributed by atoms with van der Waals surface area (Å²) in [7, 11) is 0. The fraction of sp³-hybridized carbons (Fsp3) is 0.360. The molecule has 0 radical (unpaired) electrons. The van der Waals surface area contributed by atoms with Gasteiger partial charge in [-0.1, -0.05) is 42.5 Å². The topological polar surface area (TPSA) is 58.4 Å². The van der Waals surface area contributed by atoms with E-state index in [1.807, 2.05) is 30.3 Å². The predicted octanol–water partition coefficient (Wildman–Crippen LogP) is 4.40. The van der Waals surface area contributed by atoms with Gasteiger partial charge in [0.25, 0.3) is 5.91 Å². The number of carbonyl (C=O) groups is 1. The van der Waals surface area contributed by atoms with Crippen molar-refractivity contribution in [1.82, 2.24) is 15.2 Å². The number of nitrogens with one attached hydrogen (secondary N) is 1. The summed E-state index contributed by atoms with van der Waals surface area (Å²) in [5.74, 6) is 1.47. The van der Waals surface area contributed by atoms with Gasteiger partial charge < -0.3 is 9.73 Å². The lowest BCUT2D eigenvalue weighted by molar-refractivity contribution is 0.0926. The molecule has 0 bridgehead atoms. The van der Waals surface area contributed by atoms with Crippen LogP contribution in [0.3, 0.4) is 0 Å². The van der Waals surface area contributed by atoms with Gasteiger partial charge in [0.05, 0.1) is 0 Å². The summed E-state index contributed by atoms with van der Waals surface area (Å²) in [5, 5.41) is 3.10. The van der Waals surface area contributed by atoms with E-state index < -0.39 is 0 Å². The average Bonchev–Trinajstić information content (AvgIpc) is 3.55. The zero-order valence-electron chi connectivity index (χ0n) is 17.3. The fourth-order valence-electron chi connectivity index (χ4n) is 4.17. The highest BCUT2D eigenvalue weighted by molar-refractivity contribution is 5.94. The first-order valence-corrected chi connectivity index (χ1v) is 10.8. The molecule has 1 aromatic heterocycles. The normalized spacial score (nSPS) is 17.4. The monoisotopic (exact) mass is 401 g/mol. The number of carbonyl (C=O) groups excluding carboxylic acids is 1. The molecule has 5 rings (SSSR count). The second-order valence-electron chi connectivity index (χ2n) is 8.42. The Morgan fingerprint density at radius 2 is 1.87 bits per heavy atom. The summed E-state index contributed by atoms with van der Waals surface area (Å²) < 4.78 is 6.03. The van der Waals surface area contributed by atoms with E-state index in [2.05, 4.69) is 46.4 Å². The highest BCUT2D eigenvalue weighted by Crippen LogP contribution is 2.43. The van der Waals surface area contributed by atoms with Crippen LogP contribution in [0, 0.1) is 0 Å². The van der Waals surface area contributed by atoms with Crippen LogP contribution >= 0.6 is 0 Å². The van der Waals surface area contributed by atoms with Crippen molar-refractivity contribution in [3.8, 4) is 11.5 Å². The lowest BCUT2D eigenvalue weighted by Gasteiger charge is -2.33. The van der Waals surface area contributed by atoms with Crippen LogP contribution in [0.15, 0.2) is 59.0 Å². The van der Waals surface area contributed by atoms with Gasteiger partial charge in [-0.25, -0.2) is 4.98 Å². The van der Waals surface area contributed by atoms with E-state index in [1.54, 1.807) is 0 Å². The zero-order chi connectivity index (χ0) is 20.5. The van der Waals surface area contributed by atoms with Crippen molar-refractivity contribution < 1.29 is 9.21 Å². The summed E-state index contributed by atoms with van der Waals surface area (Å²) in [6.07, 6.45) is 3.19. The van der Waals surface area contributed by atoms with Gasteiger partial charge in [0, 0.05) is 37.2 Å². The molecule has 1 unspecified atom stereocenters. The maximum Gasteiger partial charge on any atom is 0.273 e. The van der Waals surface area contributed by atoms with Gasteiger partial charge in [-0.3, -0.25) is 9.69 Å². The fourth-order valence-corrected chi connectivity index (χ4v) is 4.17. The second kappa shape index (κ2) is 8.07. The first kappa shape index (κ1) is 19.1. The lowest BCUT2D eigenvalue weighted by atomic mass is 9.99. The molecule has 0 spiro atoms. The first-order valence-electron chi connectivity index (χ1n) is 10.8. The van der Waals surface area contributed by atoms with E-state index in [9.17, 15) is 4.79 Å². The molecule has 1 aliphatic heterocycles. The molecule has 1 amide bonds. The number of aromatic nitrogens is 1. The molecule has 3 aromatic rings. The van der Waals surface area contributed by atoms with E-state index in [-0.39, 0.29) is 11.9 Å². The minimum atomic E-state index is -0.132. The molecule has 0 saturated heterocycles. The molecule has 2 heterocycles. The molecule has 1 fully saturated rings. The molecule has 1 atom stereocenters. The molecule has 5 nitrogen and oxygen atoms in total. The van der Waals surface area contributed by atoms with Crippen molar-refractivity contribution in [1.29, 1.82) is 0 Å². The van der Waals surface area contributed by atoms with E-state index in [0.717, 1.165) is 43.7 Å². The third kappa shape index (κ3) is 3.90. The van der Waals surface area contributed by atoms with Gasteiger partial charge in [-0.15, -0.1) is 0 Å². The van der Waals surface area contributed by atoms with Crippen LogP contribution in [-0.2, 0) is 13.0 Å². The van der Waals surface area contributed by atoms with Crippen molar-refractivity contribution in [2.75, 3.05) is 13.1 Å². The molecule has 5 heteroatoms. The Labute approximate surface area is 177 Å². The van der Waals surface area contributed by atoms with Gasteiger partial charge >= 0.3 is 0 Å². The van der Waals surface area contributed by atoms with Crippen LogP contribution in [0.2, 0.25) is 0 Å². The van der Waals surface area contributed by atoms with E-state index in [1.165, 1.54) is 11.1 Å².